The number of hydrogen-bond acceptors (Lipinski definition) is 3. The van der Waals surface area contributed by atoms with Crippen molar-refractivity contribution in [3.63, 3.8) is 0 Å². The Kier molecular flexibility index (Phi) is 3.06. The van der Waals surface area contributed by atoms with Gasteiger partial charge >= 0.3 is 0 Å². The molecule has 0 spiro atoms. The van der Waals surface area contributed by atoms with E-state index in [1.807, 2.05) is 13.8 Å². The van der Waals surface area contributed by atoms with Gasteiger partial charge in [0.2, 0.25) is 5.91 Å². The van der Waals surface area contributed by atoms with Gasteiger partial charge in [-0.1, -0.05) is 13.8 Å². The Labute approximate surface area is 83.5 Å². The van der Waals surface area contributed by atoms with Crippen LogP contribution >= 0.6 is 0 Å². The number of carbonyl (C=O) groups excluding carboxylic acids is 2. The minimum absolute atomic E-state index is 0.117. The number of carbonyl (C=O) groups is 2. The number of ketones is 1. The van der Waals surface area contributed by atoms with E-state index in [1.54, 1.807) is 0 Å². The molecule has 4 nitrogen and oxygen atoms in total. The van der Waals surface area contributed by atoms with Crippen molar-refractivity contribution >= 4 is 11.7 Å². The quantitative estimate of drug-likeness (QED) is 0.639. The number of Topliss-reactive ketones (excluding diaryl/α,β-unsaturated/α-hetero) is 1. The number of nitrogens with one attached hydrogen (secondary N) is 1. The molecule has 0 saturated heterocycles. The summed E-state index contributed by atoms with van der Waals surface area (Å²) < 4.78 is 0. The smallest absolute Gasteiger partial charge is 0.237 e. The van der Waals surface area contributed by atoms with Crippen LogP contribution in [0.15, 0.2) is 11.8 Å². The van der Waals surface area contributed by atoms with Crippen molar-refractivity contribution in [1.29, 1.82) is 0 Å². The molecule has 0 saturated carbocycles. The van der Waals surface area contributed by atoms with E-state index in [9.17, 15) is 9.59 Å². The number of nitrogens with two attached hydrogens (primary N) is 1. The molecule has 0 atom stereocenters. The molecule has 3 N–H and O–H groups in total. The summed E-state index contributed by atoms with van der Waals surface area (Å²) in [5.74, 6) is -0.321. The minimum atomic E-state index is -0.885. The second kappa shape index (κ2) is 3.92. The Bertz CT molecular complexity index is 290. The van der Waals surface area contributed by atoms with Gasteiger partial charge in [-0.05, 0) is 12.8 Å². The third kappa shape index (κ3) is 1.35. The highest BCUT2D eigenvalue weighted by atomic mass is 16.2. The highest BCUT2D eigenvalue weighted by Gasteiger charge is 2.45. The van der Waals surface area contributed by atoms with Crippen LogP contribution in [0.25, 0.3) is 0 Å². The lowest BCUT2D eigenvalue weighted by Gasteiger charge is -2.32. The van der Waals surface area contributed by atoms with Gasteiger partial charge in [-0.2, -0.15) is 0 Å². The van der Waals surface area contributed by atoms with E-state index in [0.29, 0.717) is 18.4 Å². The molecule has 1 rings (SSSR count). The molecule has 1 aliphatic heterocycles. The first kappa shape index (κ1) is 10.9. The maximum atomic E-state index is 11.9. The summed E-state index contributed by atoms with van der Waals surface area (Å²) in [6.07, 6.45) is 2.46. The molecular weight excluding hydrogens is 180 g/mol. The van der Waals surface area contributed by atoms with Crippen molar-refractivity contribution in [1.82, 2.24) is 5.32 Å². The molecule has 0 aliphatic carbocycles. The second-order valence-electron chi connectivity index (χ2n) is 3.47. The molecule has 0 fully saturated rings. The fourth-order valence-corrected chi connectivity index (χ4v) is 1.81. The van der Waals surface area contributed by atoms with E-state index >= 15 is 0 Å². The molecule has 4 heteroatoms. The first-order chi connectivity index (χ1) is 6.62. The summed E-state index contributed by atoms with van der Waals surface area (Å²) in [6.45, 7) is 3.88. The fourth-order valence-electron chi connectivity index (χ4n) is 1.81. The number of hydrogen-bond donors (Lipinski definition) is 2. The van der Waals surface area contributed by atoms with Crippen LogP contribution in [0.4, 0.5) is 0 Å². The molecule has 1 aliphatic rings. The van der Waals surface area contributed by atoms with Gasteiger partial charge in [0.1, 0.15) is 5.41 Å². The third-order valence-corrected chi connectivity index (χ3v) is 2.97. The average molecular weight is 196 g/mol. The van der Waals surface area contributed by atoms with Crippen molar-refractivity contribution < 1.29 is 9.59 Å². The highest BCUT2D eigenvalue weighted by Crippen LogP contribution is 2.32. The zero-order valence-corrected chi connectivity index (χ0v) is 8.59. The van der Waals surface area contributed by atoms with Crippen molar-refractivity contribution in [3.8, 4) is 0 Å². The monoisotopic (exact) mass is 196 g/mol. The van der Waals surface area contributed by atoms with Crippen LogP contribution in [0, 0.1) is 5.41 Å². The lowest BCUT2D eigenvalue weighted by Crippen LogP contribution is -2.49. The molecule has 1 heterocycles. The van der Waals surface area contributed by atoms with Crippen molar-refractivity contribution in [3.05, 3.63) is 11.8 Å². The lowest BCUT2D eigenvalue weighted by molar-refractivity contribution is -0.141. The van der Waals surface area contributed by atoms with Crippen molar-refractivity contribution in [2.45, 2.75) is 26.7 Å². The van der Waals surface area contributed by atoms with E-state index < -0.39 is 5.41 Å². The van der Waals surface area contributed by atoms with Crippen LogP contribution in [-0.2, 0) is 9.59 Å². The summed E-state index contributed by atoms with van der Waals surface area (Å²) in [5.41, 5.74) is 5.05. The Morgan fingerprint density at radius 3 is 2.36 bits per heavy atom. The third-order valence-electron chi connectivity index (χ3n) is 2.97. The predicted molar refractivity (Wildman–Crippen MR) is 53.3 cm³/mol. The number of rotatable bonds is 3. The molecule has 0 aromatic heterocycles. The van der Waals surface area contributed by atoms with Crippen LogP contribution < -0.4 is 11.1 Å². The van der Waals surface area contributed by atoms with Crippen LogP contribution in [0.1, 0.15) is 26.7 Å². The van der Waals surface area contributed by atoms with Gasteiger partial charge in [-0.25, -0.2) is 0 Å². The van der Waals surface area contributed by atoms with Gasteiger partial charge in [0.15, 0.2) is 5.78 Å². The highest BCUT2D eigenvalue weighted by molar-refractivity contribution is 6.16. The fraction of sp³-hybridized carbons (Fsp3) is 0.600. The second-order valence-corrected chi connectivity index (χ2v) is 3.47. The number of amides is 1. The topological polar surface area (TPSA) is 72.2 Å². The van der Waals surface area contributed by atoms with Crippen LogP contribution in [0.2, 0.25) is 0 Å². The zero-order chi connectivity index (χ0) is 10.8. The summed E-state index contributed by atoms with van der Waals surface area (Å²) in [4.78, 5) is 23.6. The standard InChI is InChI=1S/C10H16N2O2/c1-3-10(4-2)8(13)7(5-11)6-12-9(10)14/h6H,3-5,11H2,1-2H3,(H,12,14). The van der Waals surface area contributed by atoms with Crippen molar-refractivity contribution in [2.24, 2.45) is 11.1 Å². The van der Waals surface area contributed by atoms with Gasteiger partial charge < -0.3 is 11.1 Å². The lowest BCUT2D eigenvalue weighted by atomic mass is 9.73. The first-order valence-electron chi connectivity index (χ1n) is 4.87. The van der Waals surface area contributed by atoms with Gasteiger partial charge in [0.05, 0.1) is 0 Å². The normalized spacial score (nSPS) is 20.4. The van der Waals surface area contributed by atoms with Crippen molar-refractivity contribution in [2.75, 3.05) is 6.54 Å². The Hall–Kier alpha value is -1.16. The molecular formula is C10H16N2O2. The van der Waals surface area contributed by atoms with E-state index in [-0.39, 0.29) is 18.2 Å². The Morgan fingerprint density at radius 2 is 1.93 bits per heavy atom. The SMILES string of the molecule is CCC1(CC)C(=O)NC=C(CN)C1=O. The molecule has 0 aromatic rings. The van der Waals surface area contributed by atoms with Gasteiger partial charge in [-0.3, -0.25) is 9.59 Å². The summed E-state index contributed by atoms with van der Waals surface area (Å²) in [5, 5.41) is 2.60. The molecule has 1 amide bonds. The summed E-state index contributed by atoms with van der Waals surface area (Å²) >= 11 is 0. The first-order valence-corrected chi connectivity index (χ1v) is 4.87. The van der Waals surface area contributed by atoms with Gasteiger partial charge in [0, 0.05) is 18.3 Å². The maximum Gasteiger partial charge on any atom is 0.237 e. The molecule has 0 radical (unpaired) electrons. The molecule has 0 bridgehead atoms. The van der Waals surface area contributed by atoms with Gasteiger partial charge in [0.25, 0.3) is 0 Å². The molecule has 14 heavy (non-hydrogen) atoms. The maximum absolute atomic E-state index is 11.9. The molecule has 0 aromatic carbocycles. The van der Waals surface area contributed by atoms with Crippen LogP contribution in [-0.4, -0.2) is 18.2 Å². The zero-order valence-electron chi connectivity index (χ0n) is 8.59. The van der Waals surface area contributed by atoms with Gasteiger partial charge in [-0.15, -0.1) is 0 Å². The Balaban J connectivity index is 3.12. The largest absolute Gasteiger partial charge is 0.331 e. The average Bonchev–Trinajstić information content (AvgIpc) is 2.20. The Morgan fingerprint density at radius 1 is 1.36 bits per heavy atom. The summed E-state index contributed by atoms with van der Waals surface area (Å²) in [7, 11) is 0. The van der Waals surface area contributed by atoms with Crippen LogP contribution in [0.5, 0.6) is 0 Å². The van der Waals surface area contributed by atoms with Crippen LogP contribution in [0.3, 0.4) is 0 Å². The summed E-state index contributed by atoms with van der Waals surface area (Å²) in [6, 6.07) is 0. The van der Waals surface area contributed by atoms with E-state index in [0.717, 1.165) is 0 Å². The van der Waals surface area contributed by atoms with E-state index in [4.69, 9.17) is 5.73 Å². The predicted octanol–water partition coefficient (Wildman–Crippen LogP) is 0.334. The van der Waals surface area contributed by atoms with E-state index in [1.165, 1.54) is 6.20 Å². The molecule has 0 unspecified atom stereocenters. The molecule has 78 valence electrons. The van der Waals surface area contributed by atoms with E-state index in [2.05, 4.69) is 5.32 Å². The minimum Gasteiger partial charge on any atom is -0.331 e.